The van der Waals surface area contributed by atoms with E-state index >= 15 is 0 Å². The van der Waals surface area contributed by atoms with Crippen molar-refractivity contribution in [2.24, 2.45) is 5.92 Å². The third kappa shape index (κ3) is 6.40. The highest BCUT2D eigenvalue weighted by Gasteiger charge is 2.28. The average molecular weight is 503 g/mol. The van der Waals surface area contributed by atoms with Gasteiger partial charge in [-0.25, -0.2) is 4.98 Å². The molecule has 1 saturated heterocycles. The van der Waals surface area contributed by atoms with Gasteiger partial charge in [-0.05, 0) is 80.9 Å². The number of carbonyl (C=O) groups is 2. The maximum absolute atomic E-state index is 13.2. The topological polar surface area (TPSA) is 120 Å². The summed E-state index contributed by atoms with van der Waals surface area (Å²) in [6, 6.07) is 9.17. The molecule has 3 aromatic rings. The minimum Gasteiger partial charge on any atom is -0.481 e. The molecular formula is C28H34N6O3. The molecule has 5 rings (SSSR count). The smallest absolute Gasteiger partial charge is 0.305 e. The lowest BCUT2D eigenvalue weighted by molar-refractivity contribution is -0.138. The number of pyridine rings is 1. The highest BCUT2D eigenvalue weighted by atomic mass is 16.4. The Morgan fingerprint density at radius 3 is 2.86 bits per heavy atom. The fraction of sp³-hybridized carbons (Fsp3) is 0.464. The first-order valence-electron chi connectivity index (χ1n) is 13.2. The number of hydrogen-bond acceptors (Lipinski definition) is 7. The lowest BCUT2D eigenvalue weighted by Crippen LogP contribution is -2.44. The summed E-state index contributed by atoms with van der Waals surface area (Å²) in [6.07, 6.45) is 8.95. The van der Waals surface area contributed by atoms with Crippen LogP contribution in [0.15, 0.2) is 42.7 Å². The number of fused-ring (bicyclic) bond motifs is 2. The second-order valence-electron chi connectivity index (χ2n) is 10.0. The zero-order valence-corrected chi connectivity index (χ0v) is 21.0. The summed E-state index contributed by atoms with van der Waals surface area (Å²) in [5.74, 6) is -0.164. The number of nitrogens with one attached hydrogen (secondary N) is 2. The fourth-order valence-corrected chi connectivity index (χ4v) is 5.38. The normalized spacial score (nSPS) is 18.5. The summed E-state index contributed by atoms with van der Waals surface area (Å²) in [7, 11) is 0. The first-order chi connectivity index (χ1) is 18.0. The van der Waals surface area contributed by atoms with Crippen molar-refractivity contribution in [2.45, 2.75) is 51.0 Å². The number of aryl methyl sites for hydroxylation is 2. The van der Waals surface area contributed by atoms with Gasteiger partial charge in [-0.1, -0.05) is 12.1 Å². The molecule has 3 N–H and O–H groups in total. The number of rotatable bonds is 9. The number of anilines is 1. The van der Waals surface area contributed by atoms with Crippen molar-refractivity contribution in [3.8, 4) is 0 Å². The molecule has 9 nitrogen and oxygen atoms in total. The van der Waals surface area contributed by atoms with Crippen LogP contribution >= 0.6 is 0 Å². The van der Waals surface area contributed by atoms with E-state index in [1.807, 2.05) is 18.2 Å². The van der Waals surface area contributed by atoms with Crippen molar-refractivity contribution in [1.82, 2.24) is 25.2 Å². The molecule has 1 aromatic carbocycles. The largest absolute Gasteiger partial charge is 0.481 e. The average Bonchev–Trinajstić information content (AvgIpc) is 2.92. The molecule has 0 spiro atoms. The molecule has 2 aromatic heterocycles. The van der Waals surface area contributed by atoms with Gasteiger partial charge in [-0.15, -0.1) is 0 Å². The number of hydrogen-bond donors (Lipinski definition) is 3. The van der Waals surface area contributed by atoms with E-state index < -0.39 is 12.0 Å². The Labute approximate surface area is 216 Å². The SMILES string of the molecule is O=C(O)CC(NC(=O)C1CCCN(CCCc2ccc3c(n2)NCCC3)C1)c1ccc2nccnc2c1. The Kier molecular flexibility index (Phi) is 7.89. The lowest BCUT2D eigenvalue weighted by Gasteiger charge is -2.33. The predicted octanol–water partition coefficient (Wildman–Crippen LogP) is 3.36. The molecule has 2 aliphatic heterocycles. The van der Waals surface area contributed by atoms with Crippen molar-refractivity contribution in [2.75, 3.05) is 31.5 Å². The molecule has 0 radical (unpaired) electrons. The lowest BCUT2D eigenvalue weighted by atomic mass is 9.95. The number of likely N-dealkylation sites (tertiary alicyclic amines) is 1. The zero-order valence-electron chi connectivity index (χ0n) is 21.0. The summed E-state index contributed by atoms with van der Waals surface area (Å²) in [6.45, 7) is 3.57. The summed E-state index contributed by atoms with van der Waals surface area (Å²) in [5.41, 5.74) is 4.55. The third-order valence-corrected chi connectivity index (χ3v) is 7.33. The Balaban J connectivity index is 1.16. The quantitative estimate of drug-likeness (QED) is 0.407. The summed E-state index contributed by atoms with van der Waals surface area (Å²) < 4.78 is 0. The minimum absolute atomic E-state index is 0.0855. The maximum Gasteiger partial charge on any atom is 0.305 e. The molecule has 2 aliphatic rings. The maximum atomic E-state index is 13.2. The van der Waals surface area contributed by atoms with Gasteiger partial charge < -0.3 is 20.6 Å². The van der Waals surface area contributed by atoms with Gasteiger partial charge >= 0.3 is 5.97 Å². The van der Waals surface area contributed by atoms with Crippen LogP contribution in [-0.2, 0) is 22.4 Å². The van der Waals surface area contributed by atoms with Crippen molar-refractivity contribution in [1.29, 1.82) is 0 Å². The van der Waals surface area contributed by atoms with Crippen LogP contribution in [0.2, 0.25) is 0 Å². The van der Waals surface area contributed by atoms with Crippen LogP contribution < -0.4 is 10.6 Å². The van der Waals surface area contributed by atoms with E-state index in [1.54, 1.807) is 12.4 Å². The Bertz CT molecular complexity index is 1270. The number of aromatic nitrogens is 3. The molecule has 1 fully saturated rings. The van der Waals surface area contributed by atoms with Crippen LogP contribution in [0.4, 0.5) is 5.82 Å². The van der Waals surface area contributed by atoms with Crippen LogP contribution in [0.25, 0.3) is 11.0 Å². The number of carboxylic acids is 1. The molecule has 0 saturated carbocycles. The number of piperidine rings is 1. The highest BCUT2D eigenvalue weighted by molar-refractivity contribution is 5.81. The summed E-state index contributed by atoms with van der Waals surface area (Å²) >= 11 is 0. The van der Waals surface area contributed by atoms with Gasteiger partial charge in [-0.2, -0.15) is 0 Å². The molecule has 4 heterocycles. The van der Waals surface area contributed by atoms with Crippen LogP contribution in [-0.4, -0.2) is 63.0 Å². The Morgan fingerprint density at radius 1 is 1.14 bits per heavy atom. The van der Waals surface area contributed by atoms with Gasteiger partial charge in [0.15, 0.2) is 0 Å². The van der Waals surface area contributed by atoms with E-state index in [0.717, 1.165) is 80.8 Å². The molecule has 9 heteroatoms. The van der Waals surface area contributed by atoms with E-state index in [0.29, 0.717) is 12.1 Å². The standard InChI is InChI=1S/C28H34N6O3/c35-26(36)17-24(20-8-10-23-25(16-20)30-13-12-29-23)33-28(37)21-5-2-14-34(18-21)15-3-6-22-9-7-19-4-1-11-31-27(19)32-22/h7-10,12-13,16,21,24H,1-6,11,14-15,17-18H2,(H,31,32)(H,33,37)(H,35,36). The molecular weight excluding hydrogens is 468 g/mol. The number of nitrogens with zero attached hydrogens (tertiary/aromatic N) is 4. The second-order valence-corrected chi connectivity index (χ2v) is 10.0. The van der Waals surface area contributed by atoms with Gasteiger partial charge in [0.05, 0.1) is 29.4 Å². The van der Waals surface area contributed by atoms with Crippen molar-refractivity contribution in [3.63, 3.8) is 0 Å². The number of amides is 1. The predicted molar refractivity (Wildman–Crippen MR) is 141 cm³/mol. The van der Waals surface area contributed by atoms with Gasteiger partial charge in [0, 0.05) is 31.2 Å². The van der Waals surface area contributed by atoms with Crippen molar-refractivity contribution in [3.05, 3.63) is 59.5 Å². The number of carboxylic acid groups (broad SMARTS) is 1. The summed E-state index contributed by atoms with van der Waals surface area (Å²) in [4.78, 5) is 40.5. The van der Waals surface area contributed by atoms with Gasteiger partial charge in [0.25, 0.3) is 0 Å². The molecule has 0 aliphatic carbocycles. The van der Waals surface area contributed by atoms with Gasteiger partial charge in [0.1, 0.15) is 5.82 Å². The van der Waals surface area contributed by atoms with E-state index in [9.17, 15) is 14.7 Å². The Hall–Kier alpha value is -3.59. The van der Waals surface area contributed by atoms with Crippen LogP contribution in [0.5, 0.6) is 0 Å². The first-order valence-corrected chi connectivity index (χ1v) is 13.2. The number of carbonyl (C=O) groups excluding carboxylic acids is 1. The van der Waals surface area contributed by atoms with Crippen molar-refractivity contribution >= 4 is 28.7 Å². The molecule has 2 unspecified atom stereocenters. The van der Waals surface area contributed by atoms with E-state index in [-0.39, 0.29) is 18.2 Å². The molecule has 0 bridgehead atoms. The number of benzene rings is 1. The molecule has 37 heavy (non-hydrogen) atoms. The highest BCUT2D eigenvalue weighted by Crippen LogP contribution is 2.24. The van der Waals surface area contributed by atoms with Crippen molar-refractivity contribution < 1.29 is 14.7 Å². The monoisotopic (exact) mass is 502 g/mol. The zero-order chi connectivity index (χ0) is 25.6. The first kappa shape index (κ1) is 25.1. The molecule has 1 amide bonds. The third-order valence-electron chi connectivity index (χ3n) is 7.33. The Morgan fingerprint density at radius 2 is 2.00 bits per heavy atom. The van der Waals surface area contributed by atoms with Gasteiger partial charge in [-0.3, -0.25) is 19.6 Å². The molecule has 194 valence electrons. The number of aliphatic carboxylic acids is 1. The minimum atomic E-state index is -0.958. The molecule has 2 atom stereocenters. The van der Waals surface area contributed by atoms with E-state index in [1.165, 1.54) is 5.56 Å². The van der Waals surface area contributed by atoms with Crippen LogP contribution in [0.1, 0.15) is 55.0 Å². The second kappa shape index (κ2) is 11.6. The van der Waals surface area contributed by atoms with Gasteiger partial charge in [0.2, 0.25) is 5.91 Å². The van der Waals surface area contributed by atoms with E-state index in [2.05, 4.69) is 37.6 Å². The summed E-state index contributed by atoms with van der Waals surface area (Å²) in [5, 5.41) is 15.9. The fourth-order valence-electron chi connectivity index (χ4n) is 5.38. The van der Waals surface area contributed by atoms with Crippen LogP contribution in [0, 0.1) is 5.92 Å². The van der Waals surface area contributed by atoms with E-state index in [4.69, 9.17) is 4.98 Å². The van der Waals surface area contributed by atoms with Crippen LogP contribution in [0.3, 0.4) is 0 Å².